The van der Waals surface area contributed by atoms with E-state index in [2.05, 4.69) is 15.1 Å². The number of aryl methyl sites for hydroxylation is 1. The van der Waals surface area contributed by atoms with Crippen LogP contribution >= 0.6 is 0 Å². The number of hydrogen-bond donors (Lipinski definition) is 0. The fraction of sp³-hybridized carbons (Fsp3) is 0.133. The van der Waals surface area contributed by atoms with Gasteiger partial charge in [0.25, 0.3) is 5.89 Å². The first-order chi connectivity index (χ1) is 9.78. The second kappa shape index (κ2) is 5.13. The number of benzene rings is 1. The van der Waals surface area contributed by atoms with Crippen LogP contribution in [0.2, 0.25) is 0 Å². The summed E-state index contributed by atoms with van der Waals surface area (Å²) in [5.41, 5.74) is 2.56. The topological polar surface area (TPSA) is 61.0 Å². The van der Waals surface area contributed by atoms with Crippen molar-refractivity contribution in [3.63, 3.8) is 0 Å². The van der Waals surface area contributed by atoms with Gasteiger partial charge in [0.2, 0.25) is 5.82 Å². The molecule has 0 atom stereocenters. The lowest BCUT2D eigenvalue weighted by Crippen LogP contribution is -1.89. The van der Waals surface area contributed by atoms with Gasteiger partial charge in [0.15, 0.2) is 0 Å². The zero-order chi connectivity index (χ0) is 13.9. The molecule has 20 heavy (non-hydrogen) atoms. The number of para-hydroxylation sites is 1. The van der Waals surface area contributed by atoms with E-state index in [0.29, 0.717) is 17.5 Å². The largest absolute Gasteiger partial charge is 0.496 e. The first-order valence-electron chi connectivity index (χ1n) is 6.18. The van der Waals surface area contributed by atoms with Gasteiger partial charge in [-0.15, -0.1) is 0 Å². The van der Waals surface area contributed by atoms with E-state index in [0.717, 1.165) is 16.8 Å². The van der Waals surface area contributed by atoms with Crippen LogP contribution in [0.25, 0.3) is 22.8 Å². The van der Waals surface area contributed by atoms with Crippen LogP contribution in [0.15, 0.2) is 47.1 Å². The lowest BCUT2D eigenvalue weighted by atomic mass is 10.2. The molecule has 0 amide bonds. The number of methoxy groups -OCH3 is 1. The molecular weight excluding hydrogens is 254 g/mol. The molecule has 3 aromatic rings. The minimum absolute atomic E-state index is 0.469. The SMILES string of the molecule is COc1ccccc1-c1noc(-c2ccnc(C)c2)n1. The highest BCUT2D eigenvalue weighted by atomic mass is 16.5. The molecule has 5 nitrogen and oxygen atoms in total. The molecule has 1 aromatic carbocycles. The molecule has 5 heteroatoms. The molecule has 0 saturated carbocycles. The summed E-state index contributed by atoms with van der Waals surface area (Å²) < 4.78 is 10.6. The van der Waals surface area contributed by atoms with Gasteiger partial charge < -0.3 is 9.26 Å². The Morgan fingerprint density at radius 3 is 2.80 bits per heavy atom. The number of nitrogens with zero attached hydrogens (tertiary/aromatic N) is 3. The van der Waals surface area contributed by atoms with Crippen LogP contribution < -0.4 is 4.74 Å². The predicted molar refractivity (Wildman–Crippen MR) is 74.3 cm³/mol. The van der Waals surface area contributed by atoms with Gasteiger partial charge in [-0.3, -0.25) is 4.98 Å². The average molecular weight is 267 g/mol. The van der Waals surface area contributed by atoms with Crippen molar-refractivity contribution in [1.82, 2.24) is 15.1 Å². The summed E-state index contributed by atoms with van der Waals surface area (Å²) >= 11 is 0. The molecule has 0 radical (unpaired) electrons. The molecule has 0 saturated heterocycles. The molecule has 2 heterocycles. The van der Waals surface area contributed by atoms with E-state index >= 15 is 0 Å². The minimum atomic E-state index is 0.469. The Balaban J connectivity index is 2.02. The predicted octanol–water partition coefficient (Wildman–Crippen LogP) is 3.12. The number of pyridine rings is 1. The summed E-state index contributed by atoms with van der Waals surface area (Å²) in [7, 11) is 1.62. The van der Waals surface area contributed by atoms with Crippen molar-refractivity contribution in [2.45, 2.75) is 6.92 Å². The molecule has 3 rings (SSSR count). The molecule has 0 N–H and O–H groups in total. The summed E-state index contributed by atoms with van der Waals surface area (Å²) in [6.07, 6.45) is 1.72. The minimum Gasteiger partial charge on any atom is -0.496 e. The third kappa shape index (κ3) is 2.25. The monoisotopic (exact) mass is 267 g/mol. The van der Waals surface area contributed by atoms with E-state index in [1.807, 2.05) is 43.3 Å². The average Bonchev–Trinajstić information content (AvgIpc) is 2.97. The molecule has 0 fully saturated rings. The van der Waals surface area contributed by atoms with Crippen molar-refractivity contribution in [3.05, 3.63) is 48.3 Å². The fourth-order valence-electron chi connectivity index (χ4n) is 1.96. The van der Waals surface area contributed by atoms with Gasteiger partial charge in [0.05, 0.1) is 12.7 Å². The van der Waals surface area contributed by atoms with Crippen LogP contribution in [-0.2, 0) is 0 Å². The Bertz CT molecular complexity index is 737. The van der Waals surface area contributed by atoms with Crippen LogP contribution in [0, 0.1) is 6.92 Å². The summed E-state index contributed by atoms with van der Waals surface area (Å²) in [5.74, 6) is 1.69. The first-order valence-corrected chi connectivity index (χ1v) is 6.18. The number of ether oxygens (including phenoxy) is 1. The molecule has 100 valence electrons. The summed E-state index contributed by atoms with van der Waals surface area (Å²) in [4.78, 5) is 8.56. The smallest absolute Gasteiger partial charge is 0.258 e. The Morgan fingerprint density at radius 1 is 1.15 bits per heavy atom. The van der Waals surface area contributed by atoms with Gasteiger partial charge in [-0.05, 0) is 31.2 Å². The maximum absolute atomic E-state index is 5.32. The molecule has 0 aliphatic carbocycles. The van der Waals surface area contributed by atoms with Crippen LogP contribution in [0.4, 0.5) is 0 Å². The fourth-order valence-corrected chi connectivity index (χ4v) is 1.96. The van der Waals surface area contributed by atoms with Gasteiger partial charge in [-0.2, -0.15) is 4.98 Å². The van der Waals surface area contributed by atoms with Crippen LogP contribution in [0.5, 0.6) is 5.75 Å². The van der Waals surface area contributed by atoms with Gasteiger partial charge >= 0.3 is 0 Å². The summed E-state index contributed by atoms with van der Waals surface area (Å²) in [6.45, 7) is 1.92. The molecule has 0 aliphatic heterocycles. The Hall–Kier alpha value is -2.69. The van der Waals surface area contributed by atoms with Crippen LogP contribution in [-0.4, -0.2) is 22.2 Å². The van der Waals surface area contributed by atoms with Crippen LogP contribution in [0.1, 0.15) is 5.69 Å². The van der Waals surface area contributed by atoms with E-state index in [1.54, 1.807) is 13.3 Å². The second-order valence-corrected chi connectivity index (χ2v) is 4.31. The van der Waals surface area contributed by atoms with E-state index < -0.39 is 0 Å². The maximum atomic E-state index is 5.32. The normalized spacial score (nSPS) is 10.5. The van der Waals surface area contributed by atoms with Crippen molar-refractivity contribution in [2.24, 2.45) is 0 Å². The van der Waals surface area contributed by atoms with E-state index in [1.165, 1.54) is 0 Å². The third-order valence-corrected chi connectivity index (χ3v) is 2.92. The first kappa shape index (κ1) is 12.3. The maximum Gasteiger partial charge on any atom is 0.258 e. The van der Waals surface area contributed by atoms with Crippen molar-refractivity contribution in [3.8, 4) is 28.6 Å². The number of aromatic nitrogens is 3. The van der Waals surface area contributed by atoms with Gasteiger partial charge in [0, 0.05) is 17.5 Å². The van der Waals surface area contributed by atoms with E-state index in [4.69, 9.17) is 9.26 Å². The van der Waals surface area contributed by atoms with Crippen molar-refractivity contribution >= 4 is 0 Å². The third-order valence-electron chi connectivity index (χ3n) is 2.92. The number of rotatable bonds is 3. The molecule has 0 bridgehead atoms. The lowest BCUT2D eigenvalue weighted by molar-refractivity contribution is 0.413. The highest BCUT2D eigenvalue weighted by molar-refractivity contribution is 5.65. The molecule has 0 aliphatic rings. The van der Waals surface area contributed by atoms with Gasteiger partial charge in [-0.1, -0.05) is 17.3 Å². The number of hydrogen-bond acceptors (Lipinski definition) is 5. The van der Waals surface area contributed by atoms with E-state index in [-0.39, 0.29) is 0 Å². The zero-order valence-electron chi connectivity index (χ0n) is 11.2. The standard InChI is InChI=1S/C15H13N3O2/c1-10-9-11(7-8-16-10)15-17-14(18-20-15)12-5-3-4-6-13(12)19-2/h3-9H,1-2H3. The summed E-state index contributed by atoms with van der Waals surface area (Å²) in [6, 6.07) is 11.3. The summed E-state index contributed by atoms with van der Waals surface area (Å²) in [5, 5.41) is 4.01. The van der Waals surface area contributed by atoms with Gasteiger partial charge in [-0.25, -0.2) is 0 Å². The van der Waals surface area contributed by atoms with Gasteiger partial charge in [0.1, 0.15) is 5.75 Å². The van der Waals surface area contributed by atoms with Crippen molar-refractivity contribution < 1.29 is 9.26 Å². The Labute approximate surface area is 116 Å². The molecule has 0 unspecified atom stereocenters. The van der Waals surface area contributed by atoms with E-state index in [9.17, 15) is 0 Å². The molecule has 0 spiro atoms. The highest BCUT2D eigenvalue weighted by Crippen LogP contribution is 2.29. The molecular formula is C15H13N3O2. The quantitative estimate of drug-likeness (QED) is 0.729. The Morgan fingerprint density at radius 2 is 2.00 bits per heavy atom. The highest BCUT2D eigenvalue weighted by Gasteiger charge is 2.14. The molecule has 2 aromatic heterocycles. The zero-order valence-corrected chi connectivity index (χ0v) is 11.2. The van der Waals surface area contributed by atoms with Crippen molar-refractivity contribution in [2.75, 3.05) is 7.11 Å². The lowest BCUT2D eigenvalue weighted by Gasteiger charge is -2.03. The Kier molecular flexibility index (Phi) is 3.16. The van der Waals surface area contributed by atoms with Crippen LogP contribution in [0.3, 0.4) is 0 Å². The second-order valence-electron chi connectivity index (χ2n) is 4.31. The van der Waals surface area contributed by atoms with Crippen molar-refractivity contribution in [1.29, 1.82) is 0 Å².